The molecule has 30 heavy (non-hydrogen) atoms. The fourth-order valence-corrected chi connectivity index (χ4v) is 5.03. The molecule has 0 radical (unpaired) electrons. The van der Waals surface area contributed by atoms with Crippen molar-refractivity contribution in [3.8, 4) is 0 Å². The van der Waals surface area contributed by atoms with E-state index in [1.54, 1.807) is 6.07 Å². The van der Waals surface area contributed by atoms with Gasteiger partial charge in [-0.1, -0.05) is 17.7 Å². The lowest BCUT2D eigenvalue weighted by atomic mass is 10.2. The predicted octanol–water partition coefficient (Wildman–Crippen LogP) is 3.96. The van der Waals surface area contributed by atoms with Crippen molar-refractivity contribution >= 4 is 45.0 Å². The molecule has 0 unspecified atom stereocenters. The highest BCUT2D eigenvalue weighted by Crippen LogP contribution is 2.24. The van der Waals surface area contributed by atoms with E-state index in [1.165, 1.54) is 30.8 Å². The Hall–Kier alpha value is -1.91. The Morgan fingerprint density at radius 1 is 1.17 bits per heavy atom. The summed E-state index contributed by atoms with van der Waals surface area (Å²) < 4.78 is 65.5. The molecule has 0 aliphatic rings. The number of carbonyl (C=O) groups is 1. The highest BCUT2D eigenvalue weighted by molar-refractivity contribution is 7.98. The number of nitrogens with one attached hydrogen (secondary N) is 1. The van der Waals surface area contributed by atoms with Gasteiger partial charge < -0.3 is 5.32 Å². The molecule has 0 saturated carbocycles. The summed E-state index contributed by atoms with van der Waals surface area (Å²) in [5.74, 6) is -2.65. The van der Waals surface area contributed by atoms with E-state index in [-0.39, 0.29) is 12.2 Å². The molecule has 0 aromatic heterocycles. The van der Waals surface area contributed by atoms with Crippen LogP contribution in [-0.4, -0.2) is 38.9 Å². The minimum Gasteiger partial charge on any atom is -0.353 e. The van der Waals surface area contributed by atoms with Gasteiger partial charge in [-0.2, -0.15) is 11.8 Å². The van der Waals surface area contributed by atoms with E-state index in [2.05, 4.69) is 5.32 Å². The van der Waals surface area contributed by atoms with Crippen molar-refractivity contribution in [3.05, 3.63) is 64.4 Å². The minimum atomic E-state index is -3.95. The number of benzene rings is 2. The Kier molecular flexibility index (Phi) is 8.45. The second-order valence-corrected chi connectivity index (χ2v) is 9.75. The molecule has 0 saturated heterocycles. The van der Waals surface area contributed by atoms with Crippen LogP contribution < -0.4 is 9.62 Å². The number of thioether (sulfide) groups is 1. The third-order valence-corrected chi connectivity index (χ3v) is 6.68. The van der Waals surface area contributed by atoms with Crippen molar-refractivity contribution in [1.29, 1.82) is 0 Å². The Morgan fingerprint density at radius 3 is 2.47 bits per heavy atom. The lowest BCUT2D eigenvalue weighted by Crippen LogP contribution is -2.48. The topological polar surface area (TPSA) is 66.5 Å². The summed E-state index contributed by atoms with van der Waals surface area (Å²) in [6.07, 6.45) is 0.867. The standard InChI is InChI=1S/C19H20ClF3N2O3S2/c1-12(25(30(2,27)28)13-6-7-17(22)18(23)10-13)19(26)24-8-9-29-11-14-15(20)4-3-5-16(14)21/h3-7,10,12H,8-9,11H2,1-2H3,(H,24,26)/t12-/m1/s1. The molecule has 1 amide bonds. The Labute approximate surface area is 182 Å². The summed E-state index contributed by atoms with van der Waals surface area (Å²) in [4.78, 5) is 12.4. The molecule has 5 nitrogen and oxygen atoms in total. The van der Waals surface area contributed by atoms with E-state index in [0.717, 1.165) is 22.7 Å². The molecule has 0 heterocycles. The van der Waals surface area contributed by atoms with Crippen molar-refractivity contribution in [2.45, 2.75) is 18.7 Å². The van der Waals surface area contributed by atoms with Gasteiger partial charge in [0.25, 0.3) is 0 Å². The first kappa shape index (κ1) is 24.4. The Morgan fingerprint density at radius 2 is 1.87 bits per heavy atom. The van der Waals surface area contributed by atoms with Gasteiger partial charge in [0.2, 0.25) is 15.9 Å². The normalized spacial score (nSPS) is 12.5. The van der Waals surface area contributed by atoms with E-state index in [0.29, 0.717) is 28.2 Å². The van der Waals surface area contributed by atoms with Crippen molar-refractivity contribution in [3.63, 3.8) is 0 Å². The van der Waals surface area contributed by atoms with Gasteiger partial charge in [0.05, 0.1) is 11.9 Å². The third-order valence-electron chi connectivity index (χ3n) is 4.10. The summed E-state index contributed by atoms with van der Waals surface area (Å²) in [6.45, 7) is 1.53. The Balaban J connectivity index is 1.96. The molecule has 1 N–H and O–H groups in total. The zero-order valence-corrected chi connectivity index (χ0v) is 18.6. The van der Waals surface area contributed by atoms with E-state index in [4.69, 9.17) is 11.6 Å². The van der Waals surface area contributed by atoms with Gasteiger partial charge in [-0.25, -0.2) is 21.6 Å². The fraction of sp³-hybridized carbons (Fsp3) is 0.316. The average Bonchev–Trinajstić information content (AvgIpc) is 2.65. The van der Waals surface area contributed by atoms with Gasteiger partial charge in [0, 0.05) is 34.7 Å². The lowest BCUT2D eigenvalue weighted by molar-refractivity contribution is -0.121. The van der Waals surface area contributed by atoms with Gasteiger partial charge in [0.1, 0.15) is 11.9 Å². The molecule has 2 aromatic rings. The summed E-state index contributed by atoms with van der Waals surface area (Å²) in [6, 6.07) is 5.79. The quantitative estimate of drug-likeness (QED) is 0.552. The highest BCUT2D eigenvalue weighted by Gasteiger charge is 2.29. The molecule has 0 aliphatic heterocycles. The van der Waals surface area contributed by atoms with Crippen molar-refractivity contribution in [2.24, 2.45) is 0 Å². The maximum Gasteiger partial charge on any atom is 0.243 e. The second kappa shape index (κ2) is 10.4. The number of nitrogens with zero attached hydrogens (tertiary/aromatic N) is 1. The second-order valence-electron chi connectivity index (χ2n) is 6.38. The monoisotopic (exact) mass is 480 g/mol. The summed E-state index contributed by atoms with van der Waals surface area (Å²) in [5.41, 5.74) is 0.202. The maximum absolute atomic E-state index is 13.7. The number of hydrogen-bond acceptors (Lipinski definition) is 4. The highest BCUT2D eigenvalue weighted by atomic mass is 35.5. The number of carbonyl (C=O) groups excluding carboxylic acids is 1. The molecule has 1 atom stereocenters. The van der Waals surface area contributed by atoms with Crippen molar-refractivity contribution in [1.82, 2.24) is 5.32 Å². The van der Waals surface area contributed by atoms with Crippen LogP contribution in [0.5, 0.6) is 0 Å². The number of anilines is 1. The van der Waals surface area contributed by atoms with Crippen LogP contribution in [0, 0.1) is 17.5 Å². The van der Waals surface area contributed by atoms with E-state index >= 15 is 0 Å². The molecule has 164 valence electrons. The number of sulfonamides is 1. The van der Waals surface area contributed by atoms with Gasteiger partial charge in [-0.3, -0.25) is 9.10 Å². The van der Waals surface area contributed by atoms with Crippen molar-refractivity contribution in [2.75, 3.05) is 22.9 Å². The van der Waals surface area contributed by atoms with Crippen LogP contribution in [0.25, 0.3) is 0 Å². The molecule has 0 fully saturated rings. The minimum absolute atomic E-state index is 0.164. The zero-order chi connectivity index (χ0) is 22.5. The van der Waals surface area contributed by atoms with Gasteiger partial charge in [-0.15, -0.1) is 0 Å². The van der Waals surface area contributed by atoms with E-state index in [9.17, 15) is 26.4 Å². The van der Waals surface area contributed by atoms with Crippen LogP contribution in [0.15, 0.2) is 36.4 Å². The summed E-state index contributed by atoms with van der Waals surface area (Å²) in [5, 5.41) is 2.90. The summed E-state index contributed by atoms with van der Waals surface area (Å²) in [7, 11) is -3.95. The van der Waals surface area contributed by atoms with Crippen molar-refractivity contribution < 1.29 is 26.4 Å². The van der Waals surface area contributed by atoms with Crippen LogP contribution in [-0.2, 0) is 20.6 Å². The Bertz CT molecular complexity index is 1000. The molecular weight excluding hydrogens is 461 g/mol. The van der Waals surface area contributed by atoms with Crippen LogP contribution in [0.4, 0.5) is 18.9 Å². The first-order valence-electron chi connectivity index (χ1n) is 8.75. The fourth-order valence-electron chi connectivity index (χ4n) is 2.67. The van der Waals surface area contributed by atoms with Crippen LogP contribution in [0.2, 0.25) is 5.02 Å². The number of halogens is 4. The summed E-state index contributed by atoms with van der Waals surface area (Å²) >= 11 is 7.30. The zero-order valence-electron chi connectivity index (χ0n) is 16.2. The van der Waals surface area contributed by atoms with Crippen LogP contribution in [0.1, 0.15) is 12.5 Å². The molecule has 0 aliphatic carbocycles. The lowest BCUT2D eigenvalue weighted by Gasteiger charge is -2.28. The number of rotatable bonds is 9. The van der Waals surface area contributed by atoms with E-state index in [1.807, 2.05) is 0 Å². The molecular formula is C19H20ClF3N2O3S2. The van der Waals surface area contributed by atoms with Gasteiger partial charge in [-0.05, 0) is 31.2 Å². The van der Waals surface area contributed by atoms with Crippen LogP contribution >= 0.6 is 23.4 Å². The molecule has 2 aromatic carbocycles. The molecule has 2 rings (SSSR count). The molecule has 0 spiro atoms. The average molecular weight is 481 g/mol. The number of amides is 1. The SMILES string of the molecule is C[C@H](C(=O)NCCSCc1c(F)cccc1Cl)N(c1ccc(F)c(F)c1)S(C)(=O)=O. The molecule has 11 heteroatoms. The predicted molar refractivity (Wildman–Crippen MR) is 114 cm³/mol. The smallest absolute Gasteiger partial charge is 0.243 e. The van der Waals surface area contributed by atoms with Gasteiger partial charge in [0.15, 0.2) is 11.6 Å². The maximum atomic E-state index is 13.7. The number of hydrogen-bond donors (Lipinski definition) is 1. The third kappa shape index (κ3) is 6.29. The first-order valence-corrected chi connectivity index (χ1v) is 12.1. The van der Waals surface area contributed by atoms with Gasteiger partial charge >= 0.3 is 0 Å². The molecule has 0 bridgehead atoms. The van der Waals surface area contributed by atoms with Crippen LogP contribution in [0.3, 0.4) is 0 Å². The van der Waals surface area contributed by atoms with E-state index < -0.39 is 39.4 Å². The largest absolute Gasteiger partial charge is 0.353 e. The first-order chi connectivity index (χ1) is 14.0.